The van der Waals surface area contributed by atoms with Crippen LogP contribution in [-0.4, -0.2) is 42.0 Å². The molecule has 1 amide bonds. The first kappa shape index (κ1) is 18.9. The van der Waals surface area contributed by atoms with Crippen LogP contribution in [0.3, 0.4) is 0 Å². The summed E-state index contributed by atoms with van der Waals surface area (Å²) >= 11 is 5.90. The van der Waals surface area contributed by atoms with Gasteiger partial charge in [-0.2, -0.15) is 0 Å². The van der Waals surface area contributed by atoms with E-state index in [4.69, 9.17) is 16.0 Å². The maximum absolute atomic E-state index is 12.4. The maximum Gasteiger partial charge on any atom is 0.273 e. The minimum absolute atomic E-state index is 0.182. The lowest BCUT2D eigenvalue weighted by atomic mass is 9.99. The zero-order valence-corrected chi connectivity index (χ0v) is 16.2. The molecule has 0 bridgehead atoms. The summed E-state index contributed by atoms with van der Waals surface area (Å²) in [5.41, 5.74) is 1.15. The molecule has 1 fully saturated rings. The number of likely N-dealkylation sites (tertiary alicyclic amines) is 1. The highest BCUT2D eigenvalue weighted by molar-refractivity contribution is 6.30. The average Bonchev–Trinajstić information content (AvgIpc) is 3.02. The molecule has 5 nitrogen and oxygen atoms in total. The fraction of sp³-hybridized carbons (Fsp3) is 0.500. The number of benzene rings is 1. The van der Waals surface area contributed by atoms with Gasteiger partial charge in [0.25, 0.3) is 5.91 Å². The Morgan fingerprint density at radius 1 is 1.31 bits per heavy atom. The van der Waals surface area contributed by atoms with E-state index in [9.17, 15) is 4.79 Å². The smallest absolute Gasteiger partial charge is 0.273 e. The van der Waals surface area contributed by atoms with Crippen LogP contribution in [-0.2, 0) is 0 Å². The van der Waals surface area contributed by atoms with E-state index in [0.717, 1.165) is 24.4 Å². The van der Waals surface area contributed by atoms with Crippen LogP contribution >= 0.6 is 11.6 Å². The van der Waals surface area contributed by atoms with E-state index in [0.29, 0.717) is 28.9 Å². The van der Waals surface area contributed by atoms with E-state index in [-0.39, 0.29) is 5.91 Å². The van der Waals surface area contributed by atoms with Gasteiger partial charge in [0.05, 0.1) is 0 Å². The van der Waals surface area contributed by atoms with Gasteiger partial charge in [0.2, 0.25) is 5.89 Å². The highest BCUT2D eigenvalue weighted by Gasteiger charge is 2.18. The number of nitrogens with zero attached hydrogens (tertiary/aromatic N) is 2. The first-order chi connectivity index (χ1) is 12.5. The van der Waals surface area contributed by atoms with Crippen LogP contribution in [0.15, 0.2) is 28.7 Å². The predicted octanol–water partition coefficient (Wildman–Crippen LogP) is 4.16. The molecule has 0 atom stereocenters. The van der Waals surface area contributed by atoms with Gasteiger partial charge in [0.1, 0.15) is 5.76 Å². The predicted molar refractivity (Wildman–Crippen MR) is 103 cm³/mol. The Hall–Kier alpha value is -1.85. The Morgan fingerprint density at radius 2 is 2.00 bits per heavy atom. The van der Waals surface area contributed by atoms with Crippen LogP contribution in [0.1, 0.15) is 42.4 Å². The summed E-state index contributed by atoms with van der Waals surface area (Å²) in [6, 6.07) is 7.21. The Balaban J connectivity index is 1.49. The van der Waals surface area contributed by atoms with Crippen molar-refractivity contribution in [2.24, 2.45) is 5.92 Å². The quantitative estimate of drug-likeness (QED) is 0.770. The van der Waals surface area contributed by atoms with Crippen LogP contribution in [0.5, 0.6) is 0 Å². The standard InChI is InChI=1S/C20H26ClN3O2/c1-14-8-12-24(13-9-14)11-3-10-22-19(25)18-15(2)26-20(23-18)16-4-6-17(21)7-5-16/h4-7,14H,3,8-13H2,1-2H3,(H,22,25). The van der Waals surface area contributed by atoms with Crippen molar-refractivity contribution in [2.75, 3.05) is 26.2 Å². The summed E-state index contributed by atoms with van der Waals surface area (Å²) in [4.78, 5) is 19.2. The number of halogens is 1. The van der Waals surface area contributed by atoms with Gasteiger partial charge in [-0.3, -0.25) is 4.79 Å². The third-order valence-electron chi connectivity index (χ3n) is 4.92. The van der Waals surface area contributed by atoms with Crippen LogP contribution in [0.25, 0.3) is 11.5 Å². The van der Waals surface area contributed by atoms with E-state index >= 15 is 0 Å². The monoisotopic (exact) mass is 375 g/mol. The molecule has 1 aromatic heterocycles. The molecular formula is C20H26ClN3O2. The molecule has 26 heavy (non-hydrogen) atoms. The van der Waals surface area contributed by atoms with E-state index < -0.39 is 0 Å². The molecule has 140 valence electrons. The fourth-order valence-corrected chi connectivity index (χ4v) is 3.32. The molecule has 0 spiro atoms. The Kier molecular flexibility index (Phi) is 6.33. The second kappa shape index (κ2) is 8.69. The molecular weight excluding hydrogens is 350 g/mol. The first-order valence-electron chi connectivity index (χ1n) is 9.27. The van der Waals surface area contributed by atoms with Crippen molar-refractivity contribution in [3.63, 3.8) is 0 Å². The van der Waals surface area contributed by atoms with Crippen molar-refractivity contribution < 1.29 is 9.21 Å². The zero-order chi connectivity index (χ0) is 18.5. The first-order valence-corrected chi connectivity index (χ1v) is 9.64. The molecule has 0 saturated carbocycles. The number of oxazole rings is 1. The molecule has 1 aliphatic heterocycles. The molecule has 2 aromatic rings. The third-order valence-corrected chi connectivity index (χ3v) is 5.17. The van der Waals surface area contributed by atoms with Gasteiger partial charge < -0.3 is 14.6 Å². The van der Waals surface area contributed by atoms with Gasteiger partial charge in [-0.15, -0.1) is 0 Å². The zero-order valence-electron chi connectivity index (χ0n) is 15.4. The molecule has 1 aliphatic rings. The van der Waals surface area contributed by atoms with Crippen molar-refractivity contribution in [3.05, 3.63) is 40.7 Å². The molecule has 2 heterocycles. The summed E-state index contributed by atoms with van der Waals surface area (Å²) in [6.45, 7) is 8.09. The Labute approximate surface area is 159 Å². The van der Waals surface area contributed by atoms with Gasteiger partial charge in [-0.25, -0.2) is 4.98 Å². The highest BCUT2D eigenvalue weighted by atomic mass is 35.5. The number of rotatable bonds is 6. The van der Waals surface area contributed by atoms with Crippen molar-refractivity contribution in [3.8, 4) is 11.5 Å². The molecule has 1 saturated heterocycles. The number of amides is 1. The number of aryl methyl sites for hydroxylation is 1. The van der Waals surface area contributed by atoms with Crippen LogP contribution in [0.2, 0.25) is 5.02 Å². The van der Waals surface area contributed by atoms with Gasteiger partial charge in [0, 0.05) is 17.1 Å². The largest absolute Gasteiger partial charge is 0.441 e. The molecule has 3 rings (SSSR count). The van der Waals surface area contributed by atoms with Crippen molar-refractivity contribution in [1.29, 1.82) is 0 Å². The molecule has 0 radical (unpaired) electrons. The average molecular weight is 376 g/mol. The normalized spacial score (nSPS) is 16.0. The summed E-state index contributed by atoms with van der Waals surface area (Å²) in [7, 11) is 0. The van der Waals surface area contributed by atoms with E-state index in [1.54, 1.807) is 19.1 Å². The summed E-state index contributed by atoms with van der Waals surface area (Å²) in [5.74, 6) is 1.62. The van der Waals surface area contributed by atoms with Crippen molar-refractivity contribution in [2.45, 2.75) is 33.1 Å². The minimum Gasteiger partial charge on any atom is -0.441 e. The van der Waals surface area contributed by atoms with Gasteiger partial charge in [0.15, 0.2) is 5.69 Å². The van der Waals surface area contributed by atoms with E-state index in [1.165, 1.54) is 25.9 Å². The minimum atomic E-state index is -0.182. The number of carbonyl (C=O) groups excluding carboxylic acids is 1. The maximum atomic E-state index is 12.4. The third kappa shape index (κ3) is 4.86. The van der Waals surface area contributed by atoms with Gasteiger partial charge in [-0.05, 0) is 76.0 Å². The van der Waals surface area contributed by atoms with Crippen LogP contribution in [0.4, 0.5) is 0 Å². The molecule has 6 heteroatoms. The van der Waals surface area contributed by atoms with Crippen LogP contribution in [0, 0.1) is 12.8 Å². The van der Waals surface area contributed by atoms with Crippen molar-refractivity contribution >= 4 is 17.5 Å². The second-order valence-electron chi connectivity index (χ2n) is 7.06. The lowest BCUT2D eigenvalue weighted by Crippen LogP contribution is -2.35. The number of hydrogen-bond acceptors (Lipinski definition) is 4. The fourth-order valence-electron chi connectivity index (χ4n) is 3.20. The Bertz CT molecular complexity index is 734. The number of nitrogens with one attached hydrogen (secondary N) is 1. The summed E-state index contributed by atoms with van der Waals surface area (Å²) < 4.78 is 5.65. The second-order valence-corrected chi connectivity index (χ2v) is 7.50. The van der Waals surface area contributed by atoms with Gasteiger partial charge in [-0.1, -0.05) is 18.5 Å². The SMILES string of the molecule is Cc1oc(-c2ccc(Cl)cc2)nc1C(=O)NCCCN1CCC(C)CC1. The number of piperidine rings is 1. The molecule has 0 aliphatic carbocycles. The molecule has 1 aromatic carbocycles. The summed E-state index contributed by atoms with van der Waals surface area (Å²) in [5, 5.41) is 3.60. The summed E-state index contributed by atoms with van der Waals surface area (Å²) in [6.07, 6.45) is 3.50. The molecule has 0 unspecified atom stereocenters. The van der Waals surface area contributed by atoms with Crippen molar-refractivity contribution in [1.82, 2.24) is 15.2 Å². The molecule has 1 N–H and O–H groups in total. The van der Waals surface area contributed by atoms with Gasteiger partial charge >= 0.3 is 0 Å². The topological polar surface area (TPSA) is 58.4 Å². The highest BCUT2D eigenvalue weighted by Crippen LogP contribution is 2.23. The van der Waals surface area contributed by atoms with Crippen LogP contribution < -0.4 is 5.32 Å². The lowest BCUT2D eigenvalue weighted by Gasteiger charge is -2.30. The lowest BCUT2D eigenvalue weighted by molar-refractivity contribution is 0.0944. The van der Waals surface area contributed by atoms with E-state index in [1.807, 2.05) is 12.1 Å². The Morgan fingerprint density at radius 3 is 2.69 bits per heavy atom. The number of carbonyl (C=O) groups is 1. The number of aromatic nitrogens is 1. The number of hydrogen-bond donors (Lipinski definition) is 1. The van der Waals surface area contributed by atoms with E-state index in [2.05, 4.69) is 22.1 Å².